The molecule has 0 aromatic heterocycles. The molecule has 31 heavy (non-hydrogen) atoms. The second-order valence-corrected chi connectivity index (χ2v) is 8.62. The van der Waals surface area contributed by atoms with Crippen LogP contribution in [0.15, 0.2) is 12.2 Å². The summed E-state index contributed by atoms with van der Waals surface area (Å²) in [5.41, 5.74) is 0. The minimum atomic E-state index is -0.0832. The molecule has 186 valence electrons. The average molecular weight is 441 g/mol. The van der Waals surface area contributed by atoms with Crippen LogP contribution >= 0.6 is 0 Å². The van der Waals surface area contributed by atoms with Crippen LogP contribution in [0.2, 0.25) is 0 Å². The van der Waals surface area contributed by atoms with Crippen LogP contribution in [0.25, 0.3) is 0 Å². The van der Waals surface area contributed by atoms with Crippen LogP contribution in [0.3, 0.4) is 0 Å². The van der Waals surface area contributed by atoms with Crippen molar-refractivity contribution in [3.05, 3.63) is 12.2 Å². The van der Waals surface area contributed by atoms with Crippen LogP contribution in [0.4, 0.5) is 0 Å². The predicted octanol–water partition coefficient (Wildman–Crippen LogP) is 9.19. The molecule has 3 heteroatoms. The fraction of sp³-hybridized carbons (Fsp3) is 0.893. The highest BCUT2D eigenvalue weighted by atomic mass is 16.6. The van der Waals surface area contributed by atoms with Crippen LogP contribution < -0.4 is 0 Å². The molecule has 3 nitrogen and oxygen atoms in total. The van der Waals surface area contributed by atoms with Gasteiger partial charge in [0, 0.05) is 13.5 Å². The molecular formula is C28H56O3. The van der Waals surface area contributed by atoms with Crippen molar-refractivity contribution in [3.63, 3.8) is 0 Å². The third-order valence-electron chi connectivity index (χ3n) is 5.50. The predicted molar refractivity (Wildman–Crippen MR) is 137 cm³/mol. The van der Waals surface area contributed by atoms with E-state index in [1.165, 1.54) is 103 Å². The van der Waals surface area contributed by atoms with E-state index < -0.39 is 0 Å². The summed E-state index contributed by atoms with van der Waals surface area (Å²) in [6.07, 6.45) is 29.0. The zero-order valence-electron chi connectivity index (χ0n) is 21.7. The van der Waals surface area contributed by atoms with Gasteiger partial charge in [-0.2, -0.15) is 0 Å². The van der Waals surface area contributed by atoms with E-state index in [2.05, 4.69) is 32.9 Å². The van der Waals surface area contributed by atoms with Gasteiger partial charge in [0.05, 0.1) is 6.61 Å². The first-order chi connectivity index (χ1) is 15.2. The van der Waals surface area contributed by atoms with Crippen LogP contribution in [0, 0.1) is 0 Å². The molecule has 0 N–H and O–H groups in total. The quantitative estimate of drug-likeness (QED) is 0.0955. The molecule has 0 amide bonds. The van der Waals surface area contributed by atoms with E-state index in [9.17, 15) is 4.79 Å². The minimum Gasteiger partial charge on any atom is -0.463 e. The molecule has 0 heterocycles. The molecule has 0 radical (unpaired) electrons. The minimum absolute atomic E-state index is 0.0832. The summed E-state index contributed by atoms with van der Waals surface area (Å²) < 4.78 is 9.86. The van der Waals surface area contributed by atoms with Crippen molar-refractivity contribution in [1.82, 2.24) is 0 Å². The van der Waals surface area contributed by atoms with Gasteiger partial charge in [-0.3, -0.25) is 4.79 Å². The molecule has 0 aromatic rings. The Morgan fingerprint density at radius 2 is 1.10 bits per heavy atom. The molecule has 0 aliphatic rings. The first-order valence-corrected chi connectivity index (χ1v) is 13.5. The van der Waals surface area contributed by atoms with Crippen LogP contribution in [0.1, 0.15) is 143 Å². The Bertz CT molecular complexity index is 352. The van der Waals surface area contributed by atoms with E-state index in [-0.39, 0.29) is 5.97 Å². The smallest absolute Gasteiger partial charge is 0.305 e. The first kappa shape index (κ1) is 32.4. The Kier molecular flexibility index (Phi) is 32.7. The van der Waals surface area contributed by atoms with Gasteiger partial charge in [0.15, 0.2) is 0 Å². The standard InChI is InChI=1S/C19H38O3.C9H18/c1-3-4-5-6-7-8-9-10-11-12-13-14-15-16-19(20)22-18-17-21-2;1-3-5-7-9-8-6-4-2/h3-18H2,1-2H3;3,5H,4,6-9H2,1-2H3/b;5-3+. The summed E-state index contributed by atoms with van der Waals surface area (Å²) in [6, 6.07) is 0. The van der Waals surface area contributed by atoms with Gasteiger partial charge in [-0.05, 0) is 26.2 Å². The van der Waals surface area contributed by atoms with Gasteiger partial charge in [0.1, 0.15) is 6.61 Å². The molecule has 0 saturated heterocycles. The number of ether oxygens (including phenoxy) is 2. The zero-order chi connectivity index (χ0) is 23.3. The third kappa shape index (κ3) is 34.0. The first-order valence-electron chi connectivity index (χ1n) is 13.5. The fourth-order valence-electron chi connectivity index (χ4n) is 3.45. The lowest BCUT2D eigenvalue weighted by molar-refractivity contribution is -0.145. The van der Waals surface area contributed by atoms with Crippen molar-refractivity contribution in [2.24, 2.45) is 0 Å². The van der Waals surface area contributed by atoms with Crippen molar-refractivity contribution >= 4 is 5.97 Å². The van der Waals surface area contributed by atoms with E-state index in [0.717, 1.165) is 12.8 Å². The Balaban J connectivity index is 0. The van der Waals surface area contributed by atoms with Crippen molar-refractivity contribution in [2.75, 3.05) is 20.3 Å². The largest absolute Gasteiger partial charge is 0.463 e. The number of carbonyl (C=O) groups excluding carboxylic acids is 1. The van der Waals surface area contributed by atoms with E-state index in [0.29, 0.717) is 19.6 Å². The van der Waals surface area contributed by atoms with Gasteiger partial charge in [0.2, 0.25) is 0 Å². The summed E-state index contributed by atoms with van der Waals surface area (Å²) in [5.74, 6) is -0.0832. The lowest BCUT2D eigenvalue weighted by Gasteiger charge is -2.04. The molecule has 0 aliphatic heterocycles. The highest BCUT2D eigenvalue weighted by Gasteiger charge is 2.02. The van der Waals surface area contributed by atoms with Gasteiger partial charge in [-0.25, -0.2) is 0 Å². The number of hydrogen-bond acceptors (Lipinski definition) is 3. The molecule has 0 atom stereocenters. The van der Waals surface area contributed by atoms with Crippen LogP contribution in [0.5, 0.6) is 0 Å². The highest BCUT2D eigenvalue weighted by Crippen LogP contribution is 2.13. The van der Waals surface area contributed by atoms with Gasteiger partial charge in [-0.1, -0.05) is 122 Å². The van der Waals surface area contributed by atoms with Gasteiger partial charge in [-0.15, -0.1) is 0 Å². The Labute approximate surface area is 195 Å². The highest BCUT2D eigenvalue weighted by molar-refractivity contribution is 5.69. The lowest BCUT2D eigenvalue weighted by Crippen LogP contribution is -2.09. The summed E-state index contributed by atoms with van der Waals surface area (Å²) in [7, 11) is 1.61. The van der Waals surface area contributed by atoms with Crippen molar-refractivity contribution in [2.45, 2.75) is 143 Å². The summed E-state index contributed by atoms with van der Waals surface area (Å²) in [5, 5.41) is 0. The molecule has 0 unspecified atom stereocenters. The number of unbranched alkanes of at least 4 members (excludes halogenated alkanes) is 16. The van der Waals surface area contributed by atoms with Gasteiger partial charge >= 0.3 is 5.97 Å². The fourth-order valence-corrected chi connectivity index (χ4v) is 3.45. The topological polar surface area (TPSA) is 35.5 Å². The Hall–Kier alpha value is -0.830. The number of esters is 1. The normalized spacial score (nSPS) is 10.8. The maximum atomic E-state index is 11.3. The molecule has 0 fully saturated rings. The van der Waals surface area contributed by atoms with Crippen molar-refractivity contribution in [1.29, 1.82) is 0 Å². The summed E-state index contributed by atoms with van der Waals surface area (Å²) in [4.78, 5) is 11.3. The van der Waals surface area contributed by atoms with Gasteiger partial charge < -0.3 is 9.47 Å². The number of rotatable bonds is 22. The van der Waals surface area contributed by atoms with E-state index in [4.69, 9.17) is 9.47 Å². The number of allylic oxidation sites excluding steroid dienone is 2. The average Bonchev–Trinajstić information content (AvgIpc) is 2.77. The molecule has 0 bridgehead atoms. The molecule has 0 aromatic carbocycles. The lowest BCUT2D eigenvalue weighted by atomic mass is 10.0. The third-order valence-corrected chi connectivity index (χ3v) is 5.50. The number of carbonyl (C=O) groups is 1. The van der Waals surface area contributed by atoms with Crippen molar-refractivity contribution in [3.8, 4) is 0 Å². The summed E-state index contributed by atoms with van der Waals surface area (Å²) in [6.45, 7) is 7.47. The maximum absolute atomic E-state index is 11.3. The molecule has 0 saturated carbocycles. The van der Waals surface area contributed by atoms with Crippen molar-refractivity contribution < 1.29 is 14.3 Å². The number of hydrogen-bond donors (Lipinski definition) is 0. The van der Waals surface area contributed by atoms with Crippen LogP contribution in [-0.2, 0) is 14.3 Å². The second-order valence-electron chi connectivity index (χ2n) is 8.62. The zero-order valence-corrected chi connectivity index (χ0v) is 21.7. The van der Waals surface area contributed by atoms with Gasteiger partial charge in [0.25, 0.3) is 0 Å². The van der Waals surface area contributed by atoms with Crippen LogP contribution in [-0.4, -0.2) is 26.3 Å². The van der Waals surface area contributed by atoms with E-state index >= 15 is 0 Å². The SMILES string of the molecule is C/C=C/CCCCCC.CCCCCCCCCCCCCCCC(=O)OCCOC. The molecule has 0 spiro atoms. The molecule has 0 rings (SSSR count). The Morgan fingerprint density at radius 3 is 1.55 bits per heavy atom. The molecular weight excluding hydrogens is 384 g/mol. The second kappa shape index (κ2) is 31.4. The monoisotopic (exact) mass is 440 g/mol. The number of methoxy groups -OCH3 is 1. The summed E-state index contributed by atoms with van der Waals surface area (Å²) >= 11 is 0. The maximum Gasteiger partial charge on any atom is 0.305 e. The molecule has 0 aliphatic carbocycles. The van der Waals surface area contributed by atoms with E-state index in [1.807, 2.05) is 0 Å². The Morgan fingerprint density at radius 1 is 0.645 bits per heavy atom. The van der Waals surface area contributed by atoms with E-state index in [1.54, 1.807) is 7.11 Å².